The quantitative estimate of drug-likeness (QED) is 0.171. The molecule has 0 bridgehead atoms. The summed E-state index contributed by atoms with van der Waals surface area (Å²) in [5.41, 5.74) is 5.05. The SMILES string of the molecule is C=CC1CCC(C2CC=C(c3ccc(-c4ccc(C5=CC=C(CCCCCCCC)C(F)C5F)cc4)c(F)c3)CC2)CC1. The second-order valence-electron chi connectivity index (χ2n) is 13.1. The Hall–Kier alpha value is -2.81. The van der Waals surface area contributed by atoms with Crippen LogP contribution < -0.4 is 0 Å². The number of allylic oxidation sites excluding steroid dienone is 7. The monoisotopic (exact) mass is 586 g/mol. The Kier molecular flexibility index (Phi) is 11.2. The average Bonchev–Trinajstić information content (AvgIpc) is 3.05. The Morgan fingerprint density at radius 2 is 1.47 bits per heavy atom. The van der Waals surface area contributed by atoms with Crippen LogP contribution in [-0.2, 0) is 0 Å². The van der Waals surface area contributed by atoms with E-state index in [2.05, 4.69) is 25.7 Å². The number of rotatable bonds is 12. The van der Waals surface area contributed by atoms with E-state index in [1.165, 1.54) is 56.9 Å². The van der Waals surface area contributed by atoms with Crippen molar-refractivity contribution in [2.75, 3.05) is 0 Å². The maximum Gasteiger partial charge on any atom is 0.161 e. The van der Waals surface area contributed by atoms with Gasteiger partial charge in [0.1, 0.15) is 5.82 Å². The molecule has 0 nitrogen and oxygen atoms in total. The van der Waals surface area contributed by atoms with Crippen molar-refractivity contribution in [3.63, 3.8) is 0 Å². The highest BCUT2D eigenvalue weighted by Gasteiger charge is 2.31. The number of hydrogen-bond donors (Lipinski definition) is 0. The lowest BCUT2D eigenvalue weighted by atomic mass is 9.71. The minimum Gasteiger partial charge on any atom is -0.239 e. The first kappa shape index (κ1) is 31.6. The van der Waals surface area contributed by atoms with Crippen LogP contribution in [0.25, 0.3) is 22.3 Å². The van der Waals surface area contributed by atoms with Crippen LogP contribution in [0.4, 0.5) is 13.2 Å². The molecule has 0 spiro atoms. The molecule has 3 aliphatic carbocycles. The van der Waals surface area contributed by atoms with Gasteiger partial charge in [0.25, 0.3) is 0 Å². The van der Waals surface area contributed by atoms with Gasteiger partial charge in [-0.3, -0.25) is 0 Å². The predicted octanol–water partition coefficient (Wildman–Crippen LogP) is 12.4. The number of hydrogen-bond acceptors (Lipinski definition) is 0. The average molecular weight is 587 g/mol. The van der Waals surface area contributed by atoms with Crippen molar-refractivity contribution >= 4 is 11.1 Å². The first-order valence-corrected chi connectivity index (χ1v) is 16.9. The summed E-state index contributed by atoms with van der Waals surface area (Å²) in [6.07, 6.45) is 20.5. The summed E-state index contributed by atoms with van der Waals surface area (Å²) in [5, 5.41) is 0. The van der Waals surface area contributed by atoms with Crippen molar-refractivity contribution in [1.82, 2.24) is 0 Å². The van der Waals surface area contributed by atoms with Crippen LogP contribution in [0.1, 0.15) is 108 Å². The second-order valence-corrected chi connectivity index (χ2v) is 13.1. The summed E-state index contributed by atoms with van der Waals surface area (Å²) >= 11 is 0. The molecule has 1 fully saturated rings. The summed E-state index contributed by atoms with van der Waals surface area (Å²) in [6, 6.07) is 12.7. The van der Waals surface area contributed by atoms with Crippen LogP contribution in [0.15, 0.2) is 78.9 Å². The highest BCUT2D eigenvalue weighted by molar-refractivity contribution is 5.76. The van der Waals surface area contributed by atoms with Crippen LogP contribution >= 0.6 is 0 Å². The van der Waals surface area contributed by atoms with Crippen molar-refractivity contribution in [3.05, 3.63) is 95.9 Å². The topological polar surface area (TPSA) is 0 Å². The summed E-state index contributed by atoms with van der Waals surface area (Å²) in [4.78, 5) is 0. The number of unbranched alkanes of at least 4 members (excludes halogenated alkanes) is 5. The van der Waals surface area contributed by atoms with E-state index in [9.17, 15) is 4.39 Å². The van der Waals surface area contributed by atoms with Gasteiger partial charge in [0.2, 0.25) is 0 Å². The minimum absolute atomic E-state index is 0.248. The molecule has 3 atom stereocenters. The molecule has 0 amide bonds. The van der Waals surface area contributed by atoms with Crippen molar-refractivity contribution in [1.29, 1.82) is 0 Å². The Morgan fingerprint density at radius 3 is 2.14 bits per heavy atom. The number of alkyl halides is 2. The zero-order valence-corrected chi connectivity index (χ0v) is 26.0. The highest BCUT2D eigenvalue weighted by atomic mass is 19.2. The summed E-state index contributed by atoms with van der Waals surface area (Å²) in [7, 11) is 0. The molecular formula is C40H49F3. The smallest absolute Gasteiger partial charge is 0.161 e. The molecule has 3 heteroatoms. The third-order valence-corrected chi connectivity index (χ3v) is 10.3. The maximum absolute atomic E-state index is 15.4. The van der Waals surface area contributed by atoms with Gasteiger partial charge in [-0.25, -0.2) is 13.2 Å². The largest absolute Gasteiger partial charge is 0.239 e. The normalized spacial score (nSPS) is 26.0. The molecular weight excluding hydrogens is 537 g/mol. The van der Waals surface area contributed by atoms with E-state index in [1.807, 2.05) is 24.3 Å². The van der Waals surface area contributed by atoms with Crippen molar-refractivity contribution in [3.8, 4) is 11.1 Å². The lowest BCUT2D eigenvalue weighted by Gasteiger charge is -2.34. The minimum atomic E-state index is -1.67. The lowest BCUT2D eigenvalue weighted by molar-refractivity contribution is 0.212. The first-order valence-electron chi connectivity index (χ1n) is 16.9. The van der Waals surface area contributed by atoms with Crippen LogP contribution in [0, 0.1) is 23.6 Å². The standard InChI is InChI=1S/C40H49F3/c1-3-5-6-7-8-9-10-34-23-26-37(40(43)39(34)42)33-21-19-32(20-22-33)36-25-24-35(27-38(36)41)31-17-15-30(16-18-31)29-13-11-28(4-2)12-14-29/h4,17,19-30,39-40H,2-3,5-16,18H2,1H3. The van der Waals surface area contributed by atoms with E-state index >= 15 is 8.78 Å². The number of halogens is 3. The van der Waals surface area contributed by atoms with E-state index < -0.39 is 12.3 Å². The van der Waals surface area contributed by atoms with E-state index in [1.54, 1.807) is 30.4 Å². The summed E-state index contributed by atoms with van der Waals surface area (Å²) in [5.74, 6) is 2.01. The Bertz CT molecular complexity index is 1310. The van der Waals surface area contributed by atoms with Gasteiger partial charge in [0.15, 0.2) is 12.3 Å². The molecule has 0 aromatic heterocycles. The van der Waals surface area contributed by atoms with Crippen molar-refractivity contribution in [2.24, 2.45) is 17.8 Å². The Labute approximate surface area is 257 Å². The molecule has 43 heavy (non-hydrogen) atoms. The molecule has 0 radical (unpaired) electrons. The third-order valence-electron chi connectivity index (χ3n) is 10.3. The third kappa shape index (κ3) is 7.83. The zero-order valence-electron chi connectivity index (χ0n) is 26.0. The zero-order chi connectivity index (χ0) is 30.2. The summed E-state index contributed by atoms with van der Waals surface area (Å²) in [6.45, 7) is 6.16. The number of benzene rings is 2. The molecule has 0 aliphatic heterocycles. The van der Waals surface area contributed by atoms with Crippen molar-refractivity contribution < 1.29 is 13.2 Å². The molecule has 3 aliphatic rings. The van der Waals surface area contributed by atoms with Gasteiger partial charge < -0.3 is 0 Å². The molecule has 5 rings (SSSR count). The van der Waals surface area contributed by atoms with Crippen LogP contribution in [0.2, 0.25) is 0 Å². The summed E-state index contributed by atoms with van der Waals surface area (Å²) < 4.78 is 45.5. The van der Waals surface area contributed by atoms with Crippen LogP contribution in [0.5, 0.6) is 0 Å². The van der Waals surface area contributed by atoms with E-state index in [0.717, 1.165) is 55.1 Å². The van der Waals surface area contributed by atoms with Crippen molar-refractivity contribution in [2.45, 2.75) is 109 Å². The van der Waals surface area contributed by atoms with Gasteiger partial charge >= 0.3 is 0 Å². The van der Waals surface area contributed by atoms with Gasteiger partial charge in [-0.15, -0.1) is 6.58 Å². The van der Waals surface area contributed by atoms with Gasteiger partial charge in [0.05, 0.1) is 0 Å². The van der Waals surface area contributed by atoms with E-state index in [4.69, 9.17) is 0 Å². The molecule has 2 aromatic rings. The van der Waals surface area contributed by atoms with Gasteiger partial charge in [-0.05, 0) is 115 Å². The molecule has 0 saturated heterocycles. The van der Waals surface area contributed by atoms with Crippen LogP contribution in [-0.4, -0.2) is 12.3 Å². The molecule has 1 saturated carbocycles. The molecule has 230 valence electrons. The fraction of sp³-hybridized carbons (Fsp3) is 0.500. The molecule has 3 unspecified atom stereocenters. The molecule has 0 heterocycles. The Morgan fingerprint density at radius 1 is 0.767 bits per heavy atom. The van der Waals surface area contributed by atoms with E-state index in [-0.39, 0.29) is 5.82 Å². The van der Waals surface area contributed by atoms with Gasteiger partial charge in [0, 0.05) is 5.56 Å². The lowest BCUT2D eigenvalue weighted by Crippen LogP contribution is -2.24. The predicted molar refractivity (Wildman–Crippen MR) is 177 cm³/mol. The molecule has 2 aromatic carbocycles. The highest BCUT2D eigenvalue weighted by Crippen LogP contribution is 2.42. The second kappa shape index (κ2) is 15.3. The maximum atomic E-state index is 15.4. The fourth-order valence-electron chi connectivity index (χ4n) is 7.50. The van der Waals surface area contributed by atoms with E-state index in [0.29, 0.717) is 34.6 Å². The molecule has 0 N–H and O–H groups in total. The first-order chi connectivity index (χ1) is 21.0. The van der Waals surface area contributed by atoms with Gasteiger partial charge in [-0.2, -0.15) is 0 Å². The van der Waals surface area contributed by atoms with Crippen LogP contribution in [0.3, 0.4) is 0 Å². The van der Waals surface area contributed by atoms with Gasteiger partial charge in [-0.1, -0.05) is 99.7 Å². The Balaban J connectivity index is 1.19. The fourth-order valence-corrected chi connectivity index (χ4v) is 7.50.